The molecule has 2 radical (unpaired) electrons. The molecule has 1 rings (SSSR count). The molecule has 58 valence electrons. The van der Waals surface area contributed by atoms with E-state index >= 15 is 0 Å². The summed E-state index contributed by atoms with van der Waals surface area (Å²) in [5.41, 5.74) is -0.904. The van der Waals surface area contributed by atoms with Gasteiger partial charge in [0.25, 0.3) is 5.91 Å². The van der Waals surface area contributed by atoms with Crippen LogP contribution in [0.25, 0.3) is 0 Å². The second kappa shape index (κ2) is 2.36. The smallest absolute Gasteiger partial charge is 0.323 e. The van der Waals surface area contributed by atoms with E-state index in [0.29, 0.717) is 0 Å². The quantitative estimate of drug-likeness (QED) is 0.276. The lowest BCUT2D eigenvalue weighted by molar-refractivity contribution is -0.126. The molecule has 4 nitrogen and oxygen atoms in total. The van der Waals surface area contributed by atoms with Crippen molar-refractivity contribution in [2.45, 2.75) is 19.4 Å². The predicted octanol–water partition coefficient (Wildman–Crippen LogP) is 0.463. The van der Waals surface area contributed by atoms with Crippen LogP contribution in [0.4, 0.5) is 4.79 Å². The highest BCUT2D eigenvalue weighted by atomic mass is 127. The van der Waals surface area contributed by atoms with Crippen LogP contribution in [0.1, 0.15) is 13.8 Å². The molecule has 3 amide bonds. The zero-order valence-electron chi connectivity index (χ0n) is 6.17. The number of hydrogen-bond donors (Lipinski definition) is 0. The van der Waals surface area contributed by atoms with E-state index < -0.39 is 11.6 Å². The largest absolute Gasteiger partial charge is 0.365 e. The first-order chi connectivity index (χ1) is 4.89. The van der Waals surface area contributed by atoms with Crippen LogP contribution in [-0.2, 0) is 4.79 Å². The average molecular weight is 264 g/mol. The summed E-state index contributed by atoms with van der Waals surface area (Å²) in [6.45, 7) is 3.21. The van der Waals surface area contributed by atoms with Gasteiger partial charge in [-0.15, -0.1) is 0 Å². The normalized spacial score (nSPS) is 23.2. The maximum absolute atomic E-state index is 11.2. The minimum atomic E-state index is -0.904. The Balaban J connectivity index is 3.06. The summed E-state index contributed by atoms with van der Waals surface area (Å²) in [4.78, 5) is 23.2. The summed E-state index contributed by atoms with van der Waals surface area (Å²) in [5.74, 6) is -0.286. The fourth-order valence-electron chi connectivity index (χ4n) is 0.764. The minimum absolute atomic E-state index is 0.286. The van der Waals surface area contributed by atoms with Gasteiger partial charge in [0.15, 0.2) is 0 Å². The van der Waals surface area contributed by atoms with Crippen molar-refractivity contribution in [1.29, 1.82) is 0 Å². The van der Waals surface area contributed by atoms with Crippen LogP contribution in [0.5, 0.6) is 0 Å². The van der Waals surface area contributed by atoms with Gasteiger partial charge >= 0.3 is 6.03 Å². The predicted molar refractivity (Wildman–Crippen MR) is 47.9 cm³/mol. The van der Waals surface area contributed by atoms with Gasteiger partial charge in [0.2, 0.25) is 7.98 Å². The molecule has 1 heterocycles. The Morgan fingerprint density at radius 2 is 1.91 bits per heavy atom. The van der Waals surface area contributed by atoms with Crippen LogP contribution < -0.4 is 0 Å². The van der Waals surface area contributed by atoms with Crippen LogP contribution >= 0.6 is 22.9 Å². The summed E-state index contributed by atoms with van der Waals surface area (Å²) in [6, 6.07) is -0.472. The lowest BCUT2D eigenvalue weighted by atomic mass is 10.0. The van der Waals surface area contributed by atoms with Crippen LogP contribution in [0.3, 0.4) is 0 Å². The summed E-state index contributed by atoms with van der Waals surface area (Å²) < 4.78 is 0.984. The van der Waals surface area contributed by atoms with E-state index in [1.54, 1.807) is 36.7 Å². The number of imide groups is 1. The van der Waals surface area contributed by atoms with Crippen molar-refractivity contribution in [3.8, 4) is 0 Å². The highest BCUT2D eigenvalue weighted by molar-refractivity contribution is 14.1. The number of nitrogens with zero attached hydrogens (tertiary/aromatic N) is 2. The van der Waals surface area contributed by atoms with Gasteiger partial charge in [0.1, 0.15) is 5.54 Å². The number of carbonyl (C=O) groups excluding carboxylic acids is 2. The molecule has 1 aliphatic heterocycles. The molecule has 0 spiro atoms. The highest BCUT2D eigenvalue weighted by Gasteiger charge is 2.47. The molecule has 0 aromatic rings. The van der Waals surface area contributed by atoms with Gasteiger partial charge in [0, 0.05) is 0 Å². The van der Waals surface area contributed by atoms with E-state index in [2.05, 4.69) is 0 Å². The molecule has 0 aromatic carbocycles. The zero-order valence-corrected chi connectivity index (χ0v) is 8.32. The van der Waals surface area contributed by atoms with Crippen molar-refractivity contribution < 1.29 is 9.59 Å². The molecule has 1 saturated heterocycles. The van der Waals surface area contributed by atoms with Gasteiger partial charge in [-0.2, -0.15) is 0 Å². The Labute approximate surface area is 79.8 Å². The number of hydrogen-bond acceptors (Lipinski definition) is 2. The van der Waals surface area contributed by atoms with Crippen LogP contribution in [0, 0.1) is 0 Å². The second-order valence-electron chi connectivity index (χ2n) is 2.80. The Bertz CT molecular complexity index is 231. The van der Waals surface area contributed by atoms with Crippen molar-refractivity contribution in [1.82, 2.24) is 7.92 Å². The average Bonchev–Trinajstić information content (AvgIpc) is 2.06. The third-order valence-electron chi connectivity index (χ3n) is 1.68. The molecular formula is C5H6BIN2O2. The van der Waals surface area contributed by atoms with Gasteiger partial charge < -0.3 is 4.81 Å². The summed E-state index contributed by atoms with van der Waals surface area (Å²) in [6.07, 6.45) is 0. The summed E-state index contributed by atoms with van der Waals surface area (Å²) in [7, 11) is 5.35. The van der Waals surface area contributed by atoms with E-state index in [1.165, 1.54) is 0 Å². The number of carbonyl (C=O) groups is 2. The van der Waals surface area contributed by atoms with Crippen molar-refractivity contribution in [2.75, 3.05) is 0 Å². The molecule has 0 atom stereocenters. The SMILES string of the molecule is [B]N1C(=O)N(I)C(=O)C1(C)C. The molecule has 6 heteroatoms. The maximum atomic E-state index is 11.2. The first-order valence-electron chi connectivity index (χ1n) is 2.98. The number of halogens is 1. The lowest BCUT2D eigenvalue weighted by Crippen LogP contribution is -2.42. The highest BCUT2D eigenvalue weighted by Crippen LogP contribution is 2.27. The fourth-order valence-corrected chi connectivity index (χ4v) is 1.59. The van der Waals surface area contributed by atoms with Crippen molar-refractivity contribution in [3.05, 3.63) is 0 Å². The Kier molecular flexibility index (Phi) is 1.90. The van der Waals surface area contributed by atoms with Crippen molar-refractivity contribution in [2.24, 2.45) is 0 Å². The van der Waals surface area contributed by atoms with E-state index in [9.17, 15) is 9.59 Å². The lowest BCUT2D eigenvalue weighted by Gasteiger charge is -2.23. The van der Waals surface area contributed by atoms with Gasteiger partial charge in [-0.1, -0.05) is 0 Å². The number of urea groups is 1. The maximum Gasteiger partial charge on any atom is 0.323 e. The first-order valence-corrected chi connectivity index (χ1v) is 3.94. The third kappa shape index (κ3) is 1.03. The molecule has 1 aliphatic rings. The second-order valence-corrected chi connectivity index (χ2v) is 3.76. The van der Waals surface area contributed by atoms with Gasteiger partial charge in [0.05, 0.1) is 22.9 Å². The van der Waals surface area contributed by atoms with Crippen LogP contribution in [-0.4, -0.2) is 33.4 Å². The van der Waals surface area contributed by atoms with Crippen LogP contribution in [0.2, 0.25) is 0 Å². The van der Waals surface area contributed by atoms with E-state index in [1.807, 2.05) is 0 Å². The van der Waals surface area contributed by atoms with Gasteiger partial charge in [-0.25, -0.2) is 7.91 Å². The number of rotatable bonds is 0. The summed E-state index contributed by atoms with van der Waals surface area (Å²) >= 11 is 1.64. The monoisotopic (exact) mass is 264 g/mol. The van der Waals surface area contributed by atoms with E-state index in [4.69, 9.17) is 7.98 Å². The fraction of sp³-hybridized carbons (Fsp3) is 0.600. The standard InChI is InChI=1S/C5H6BIN2O2/c1-5(2)3(10)8(7)4(11)9(5)6/h1-2H3. The molecule has 0 unspecified atom stereocenters. The Morgan fingerprint density at radius 3 is 2.00 bits per heavy atom. The molecule has 0 N–H and O–H groups in total. The minimum Gasteiger partial charge on any atom is -0.365 e. The van der Waals surface area contributed by atoms with Crippen molar-refractivity contribution in [3.63, 3.8) is 0 Å². The molecule has 11 heavy (non-hydrogen) atoms. The molecule has 0 bridgehead atoms. The number of amides is 3. The molecule has 1 fully saturated rings. The molecular weight excluding hydrogens is 258 g/mol. The Morgan fingerprint density at radius 1 is 1.45 bits per heavy atom. The van der Waals surface area contributed by atoms with Crippen molar-refractivity contribution >= 4 is 42.8 Å². The van der Waals surface area contributed by atoms with Gasteiger partial charge in [-0.3, -0.25) is 4.79 Å². The third-order valence-corrected chi connectivity index (χ3v) is 2.53. The molecule has 0 aromatic heterocycles. The zero-order chi connectivity index (χ0) is 8.81. The Hall–Kier alpha value is -0.265. The summed E-state index contributed by atoms with van der Waals surface area (Å²) in [5, 5.41) is 0. The van der Waals surface area contributed by atoms with Crippen LogP contribution in [0.15, 0.2) is 0 Å². The first kappa shape index (κ1) is 8.83. The topological polar surface area (TPSA) is 40.6 Å². The van der Waals surface area contributed by atoms with E-state index in [0.717, 1.165) is 7.92 Å². The molecule has 0 aliphatic carbocycles. The molecule has 0 saturated carbocycles. The van der Waals surface area contributed by atoms with Gasteiger partial charge in [-0.05, 0) is 13.8 Å². The van der Waals surface area contributed by atoms with E-state index in [-0.39, 0.29) is 5.91 Å².